The number of aliphatic hydroxyl groups excluding tert-OH is 1. The average Bonchev–Trinajstić information content (AvgIpc) is 0.965. The van der Waals surface area contributed by atoms with Crippen LogP contribution in [0.25, 0.3) is 0 Å². The number of carbonyl (C=O) groups excluding carboxylic acids is 4. The van der Waals surface area contributed by atoms with Gasteiger partial charge in [0.2, 0.25) is 0 Å². The first-order valence-corrected chi connectivity index (χ1v) is 41.4. The number of phosphoric ester groups is 2. The minimum atomic E-state index is -4.99. The Morgan fingerprint density at radius 1 is 0.290 bits per heavy atom. The average molecular weight is 1440 g/mol. The van der Waals surface area contributed by atoms with E-state index < -0.39 is 97.5 Å². The Morgan fingerprint density at radius 2 is 0.540 bits per heavy atom. The van der Waals surface area contributed by atoms with Gasteiger partial charge < -0.3 is 33.8 Å². The van der Waals surface area contributed by atoms with Crippen LogP contribution in [0.4, 0.5) is 0 Å². The number of unbranched alkanes of at least 4 members (excludes halogenated alkanes) is 23. The molecule has 100 heavy (non-hydrogen) atoms. The summed E-state index contributed by atoms with van der Waals surface area (Å²) in [6.07, 6.45) is 80.1. The van der Waals surface area contributed by atoms with E-state index in [1.807, 2.05) is 0 Å². The molecule has 17 nitrogen and oxygen atoms in total. The molecule has 0 aromatic carbocycles. The molecule has 0 heterocycles. The van der Waals surface area contributed by atoms with E-state index in [9.17, 15) is 43.2 Å². The van der Waals surface area contributed by atoms with Gasteiger partial charge in [-0.15, -0.1) is 0 Å². The highest BCUT2D eigenvalue weighted by atomic mass is 31.2. The minimum absolute atomic E-state index is 0.0693. The molecular formula is C81H136O17P2. The monoisotopic (exact) mass is 1440 g/mol. The van der Waals surface area contributed by atoms with Crippen LogP contribution in [0.1, 0.15) is 297 Å². The van der Waals surface area contributed by atoms with Crippen LogP contribution in [0.5, 0.6) is 0 Å². The molecule has 0 saturated carbocycles. The number of hydrogen-bond acceptors (Lipinski definition) is 15. The van der Waals surface area contributed by atoms with Gasteiger partial charge in [0.25, 0.3) is 0 Å². The second kappa shape index (κ2) is 72.5. The molecule has 0 aliphatic heterocycles. The predicted molar refractivity (Wildman–Crippen MR) is 408 cm³/mol. The second-order valence-electron chi connectivity index (χ2n) is 25.2. The van der Waals surface area contributed by atoms with Crippen LogP contribution < -0.4 is 0 Å². The third kappa shape index (κ3) is 71.6. The number of ether oxygens (including phenoxy) is 4. The molecule has 0 amide bonds. The molecule has 3 N–H and O–H groups in total. The number of rotatable bonds is 71. The van der Waals surface area contributed by atoms with Crippen molar-refractivity contribution in [2.75, 3.05) is 39.6 Å². The molecule has 0 spiro atoms. The zero-order valence-electron chi connectivity index (χ0n) is 62.3. The standard InChI is InChI=1S/C81H136O17P2/c1-5-9-13-17-21-25-29-33-36-37-40-43-46-50-54-58-62-66-79(84)92-71-76(97-80(85)67-63-59-55-51-47-41-32-28-24-20-16-12-8-4)73-95-99(87,88)93-69-75(82)70-94-100(89,90)96-74-77(98-81(86)68-64-60-56-52-48-44-39-35-31-27-23-19-15-11-7-3)72-91-78(83)65-61-57-53-49-45-42-38-34-30-26-22-18-14-10-6-2/h9-10,13-14,16,20-23,25-28,32-36,38-40,43,75-77,82H,5-8,11-12,15,17-19,24,29-31,37,41-42,44-74H2,1-4H3,(H,87,88)(H,89,90)/b13-9-,14-10-,20-16-,25-21-,26-22-,27-23-,32-28-,36-33-,38-34-,39-35-,43-40-. The van der Waals surface area contributed by atoms with Crippen molar-refractivity contribution in [2.45, 2.75) is 316 Å². The van der Waals surface area contributed by atoms with Crippen LogP contribution in [0, 0.1) is 0 Å². The predicted octanol–water partition coefficient (Wildman–Crippen LogP) is 22.1. The third-order valence-corrected chi connectivity index (χ3v) is 17.5. The van der Waals surface area contributed by atoms with E-state index in [4.69, 9.17) is 37.0 Å². The van der Waals surface area contributed by atoms with Crippen molar-refractivity contribution in [3.8, 4) is 0 Å². The lowest BCUT2D eigenvalue weighted by molar-refractivity contribution is -0.161. The van der Waals surface area contributed by atoms with Crippen molar-refractivity contribution < 1.29 is 80.2 Å². The molecular weight excluding hydrogens is 1310 g/mol. The normalized spacial score (nSPS) is 14.7. The number of allylic oxidation sites excluding steroid dienone is 22. The Kier molecular flexibility index (Phi) is 69.1. The van der Waals surface area contributed by atoms with Gasteiger partial charge in [0.1, 0.15) is 19.3 Å². The van der Waals surface area contributed by atoms with Crippen LogP contribution in [-0.2, 0) is 65.4 Å². The Balaban J connectivity index is 5.41. The van der Waals surface area contributed by atoms with Gasteiger partial charge in [-0.2, -0.15) is 0 Å². The summed E-state index contributed by atoms with van der Waals surface area (Å²) in [6.45, 7) is 4.47. The summed E-state index contributed by atoms with van der Waals surface area (Å²) < 4.78 is 68.5. The summed E-state index contributed by atoms with van der Waals surface area (Å²) in [7, 11) is -9.98. The maximum Gasteiger partial charge on any atom is 0.472 e. The van der Waals surface area contributed by atoms with Gasteiger partial charge >= 0.3 is 39.5 Å². The molecule has 0 radical (unpaired) electrons. The second-order valence-corrected chi connectivity index (χ2v) is 28.1. The number of phosphoric acid groups is 2. The van der Waals surface area contributed by atoms with E-state index >= 15 is 0 Å². The van der Waals surface area contributed by atoms with Crippen molar-refractivity contribution in [2.24, 2.45) is 0 Å². The zero-order chi connectivity index (χ0) is 73.2. The summed E-state index contributed by atoms with van der Waals surface area (Å²) in [5.41, 5.74) is 0. The molecule has 0 aliphatic rings. The van der Waals surface area contributed by atoms with E-state index in [1.54, 1.807) is 0 Å². The summed E-state index contributed by atoms with van der Waals surface area (Å²) in [4.78, 5) is 72.9. The fourth-order valence-corrected chi connectivity index (χ4v) is 11.3. The molecule has 0 saturated heterocycles. The smallest absolute Gasteiger partial charge is 0.462 e. The van der Waals surface area contributed by atoms with Gasteiger partial charge in [0, 0.05) is 25.7 Å². The first kappa shape index (κ1) is 95.2. The van der Waals surface area contributed by atoms with Crippen molar-refractivity contribution in [3.63, 3.8) is 0 Å². The van der Waals surface area contributed by atoms with E-state index in [0.29, 0.717) is 25.7 Å². The molecule has 0 aliphatic carbocycles. The molecule has 19 heteroatoms. The van der Waals surface area contributed by atoms with Crippen molar-refractivity contribution in [3.05, 3.63) is 134 Å². The molecule has 0 rings (SSSR count). The summed E-state index contributed by atoms with van der Waals surface area (Å²) in [5, 5.41) is 10.6. The van der Waals surface area contributed by atoms with Gasteiger partial charge in [-0.1, -0.05) is 251 Å². The van der Waals surface area contributed by atoms with Crippen molar-refractivity contribution >= 4 is 39.5 Å². The molecule has 5 unspecified atom stereocenters. The quantitative estimate of drug-likeness (QED) is 0.0169. The summed E-state index contributed by atoms with van der Waals surface area (Å²) in [6, 6.07) is 0. The van der Waals surface area contributed by atoms with Crippen LogP contribution in [0.3, 0.4) is 0 Å². The fraction of sp³-hybridized carbons (Fsp3) is 0.679. The van der Waals surface area contributed by atoms with Gasteiger partial charge in [-0.25, -0.2) is 9.13 Å². The van der Waals surface area contributed by atoms with E-state index in [0.717, 1.165) is 199 Å². The first-order chi connectivity index (χ1) is 48.7. The first-order valence-electron chi connectivity index (χ1n) is 38.4. The summed E-state index contributed by atoms with van der Waals surface area (Å²) >= 11 is 0. The maximum atomic E-state index is 13.1. The highest BCUT2D eigenvalue weighted by molar-refractivity contribution is 7.47. The summed E-state index contributed by atoms with van der Waals surface area (Å²) in [5.74, 6) is -2.25. The topological polar surface area (TPSA) is 237 Å². The van der Waals surface area contributed by atoms with Crippen molar-refractivity contribution in [1.29, 1.82) is 0 Å². The van der Waals surface area contributed by atoms with E-state index in [-0.39, 0.29) is 25.7 Å². The Bertz CT molecular complexity index is 2420. The largest absolute Gasteiger partial charge is 0.472 e. The number of hydrogen-bond donors (Lipinski definition) is 3. The number of carbonyl (C=O) groups is 4. The molecule has 0 fully saturated rings. The molecule has 5 atom stereocenters. The van der Waals surface area contributed by atoms with Crippen molar-refractivity contribution in [1.82, 2.24) is 0 Å². The Hall–Kier alpha value is -4.80. The number of aliphatic hydroxyl groups is 1. The number of esters is 4. The van der Waals surface area contributed by atoms with E-state index in [2.05, 4.69) is 161 Å². The fourth-order valence-electron chi connectivity index (χ4n) is 9.76. The lowest BCUT2D eigenvalue weighted by Crippen LogP contribution is -2.30. The lowest BCUT2D eigenvalue weighted by atomic mass is 10.1. The van der Waals surface area contributed by atoms with Gasteiger partial charge in [-0.3, -0.25) is 37.3 Å². The molecule has 572 valence electrons. The van der Waals surface area contributed by atoms with Gasteiger partial charge in [0.15, 0.2) is 12.2 Å². The SMILES string of the molecule is CC/C=C\C/C=C\C/C=C\C/C=C\CCCCCCC(=O)OCC(COP(=O)(O)OCC(O)COP(=O)(O)OCC(COC(=O)CCCCCCC/C=C\C/C=C\C/C=C\CC)OC(=O)CCCCCCC/C=C\C/C=C\CCCCC)OC(=O)CCCCCCC/C=C\C/C=C\CCC. The van der Waals surface area contributed by atoms with Crippen LogP contribution in [0.2, 0.25) is 0 Å². The van der Waals surface area contributed by atoms with Gasteiger partial charge in [-0.05, 0) is 154 Å². The van der Waals surface area contributed by atoms with Crippen LogP contribution in [-0.4, -0.2) is 96.7 Å². The van der Waals surface area contributed by atoms with Gasteiger partial charge in [0.05, 0.1) is 26.4 Å². The van der Waals surface area contributed by atoms with Crippen LogP contribution >= 0.6 is 15.6 Å². The van der Waals surface area contributed by atoms with Crippen LogP contribution in [0.15, 0.2) is 134 Å². The lowest BCUT2D eigenvalue weighted by Gasteiger charge is -2.21. The third-order valence-electron chi connectivity index (χ3n) is 15.6. The highest BCUT2D eigenvalue weighted by Gasteiger charge is 2.30. The zero-order valence-corrected chi connectivity index (χ0v) is 64.1. The van der Waals surface area contributed by atoms with E-state index in [1.165, 1.54) is 19.3 Å². The molecule has 0 bridgehead atoms. The minimum Gasteiger partial charge on any atom is -0.462 e. The molecule has 0 aromatic rings. The maximum absolute atomic E-state index is 13.1. The Labute approximate surface area is 605 Å². The Morgan fingerprint density at radius 3 is 0.840 bits per heavy atom. The molecule has 0 aromatic heterocycles. The highest BCUT2D eigenvalue weighted by Crippen LogP contribution is 2.45.